The number of hydrogen-bond acceptors (Lipinski definition) is 2. The van der Waals surface area contributed by atoms with Gasteiger partial charge in [-0.3, -0.25) is 4.79 Å². The third-order valence-electron chi connectivity index (χ3n) is 4.11. The number of rotatable bonds is 1. The predicted octanol–water partition coefficient (Wildman–Crippen LogP) is 2.37. The van der Waals surface area contributed by atoms with Crippen molar-refractivity contribution in [1.29, 1.82) is 0 Å². The van der Waals surface area contributed by atoms with Gasteiger partial charge in [-0.05, 0) is 30.6 Å². The van der Waals surface area contributed by atoms with E-state index in [0.717, 1.165) is 12.3 Å². The van der Waals surface area contributed by atoms with Crippen LogP contribution >= 0.6 is 0 Å². The van der Waals surface area contributed by atoms with Crippen molar-refractivity contribution in [1.82, 2.24) is 0 Å². The topological polar surface area (TPSA) is 26.3 Å². The minimum absolute atomic E-state index is 0.119. The summed E-state index contributed by atoms with van der Waals surface area (Å²) in [5.41, 5.74) is 0.415. The van der Waals surface area contributed by atoms with Crippen LogP contribution in [0, 0.1) is 17.3 Å². The fourth-order valence-electron chi connectivity index (χ4n) is 3.10. The lowest BCUT2D eigenvalue weighted by atomic mass is 9.48. The number of hydrogen-bond donors (Lipinski definition) is 0. The molecule has 0 N–H and O–H groups in total. The first-order valence-electron chi connectivity index (χ1n) is 5.19. The molecule has 0 aromatic rings. The third kappa shape index (κ3) is 1.27. The van der Waals surface area contributed by atoms with E-state index in [0.29, 0.717) is 11.3 Å². The molecule has 0 spiro atoms. The van der Waals surface area contributed by atoms with Gasteiger partial charge in [-0.1, -0.05) is 13.8 Å². The van der Waals surface area contributed by atoms with Gasteiger partial charge in [0.2, 0.25) is 0 Å². The monoisotopic (exact) mass is 182 g/mol. The van der Waals surface area contributed by atoms with Crippen LogP contribution in [0.2, 0.25) is 0 Å². The number of carbonyl (C=O) groups excluding carboxylic acids is 1. The molecule has 3 aliphatic carbocycles. The van der Waals surface area contributed by atoms with Crippen molar-refractivity contribution in [3.8, 4) is 0 Å². The molecule has 13 heavy (non-hydrogen) atoms. The summed E-state index contributed by atoms with van der Waals surface area (Å²) in [6, 6.07) is 0. The SMILES string of the molecule is CC(=O)OC1CC[C@H]2C[C@@H]1C2(C)C. The summed E-state index contributed by atoms with van der Waals surface area (Å²) in [5.74, 6) is 1.38. The van der Waals surface area contributed by atoms with Crippen molar-refractivity contribution >= 4 is 5.97 Å². The molecule has 2 nitrogen and oxygen atoms in total. The second kappa shape index (κ2) is 2.73. The second-order valence-corrected chi connectivity index (χ2v) is 5.09. The van der Waals surface area contributed by atoms with E-state index < -0.39 is 0 Å². The Kier molecular flexibility index (Phi) is 1.90. The quantitative estimate of drug-likeness (QED) is 0.582. The molecular formula is C11H18O2. The fraction of sp³-hybridized carbons (Fsp3) is 0.909. The zero-order valence-corrected chi connectivity index (χ0v) is 8.67. The summed E-state index contributed by atoms with van der Waals surface area (Å²) in [5, 5.41) is 0. The number of esters is 1. The molecule has 3 saturated carbocycles. The van der Waals surface area contributed by atoms with Gasteiger partial charge in [-0.15, -0.1) is 0 Å². The molecule has 0 aromatic heterocycles. The maximum atomic E-state index is 10.9. The van der Waals surface area contributed by atoms with Gasteiger partial charge in [0.1, 0.15) is 6.10 Å². The second-order valence-electron chi connectivity index (χ2n) is 5.09. The van der Waals surface area contributed by atoms with Crippen LogP contribution in [0.25, 0.3) is 0 Å². The highest BCUT2D eigenvalue weighted by molar-refractivity contribution is 5.66. The average Bonchev–Trinajstić information content (AvgIpc) is 2.03. The summed E-state index contributed by atoms with van der Waals surface area (Å²) in [6.07, 6.45) is 3.79. The van der Waals surface area contributed by atoms with Gasteiger partial charge < -0.3 is 4.74 Å². The van der Waals surface area contributed by atoms with Crippen molar-refractivity contribution in [2.75, 3.05) is 0 Å². The predicted molar refractivity (Wildman–Crippen MR) is 50.2 cm³/mol. The van der Waals surface area contributed by atoms with Gasteiger partial charge >= 0.3 is 5.97 Å². The molecule has 1 unspecified atom stereocenters. The Labute approximate surface area is 79.7 Å². The Morgan fingerprint density at radius 3 is 2.54 bits per heavy atom. The maximum Gasteiger partial charge on any atom is 0.302 e. The molecule has 3 aliphatic rings. The lowest BCUT2D eigenvalue weighted by Crippen LogP contribution is -2.55. The fourth-order valence-corrected chi connectivity index (χ4v) is 3.10. The standard InChI is InChI=1S/C11H18O2/c1-7(12)13-10-5-4-8-6-9(10)11(8,2)3/h8-10H,4-6H2,1-3H3/t8-,9-,10?/m0/s1. The Morgan fingerprint density at radius 1 is 1.38 bits per heavy atom. The van der Waals surface area contributed by atoms with E-state index in [1.54, 1.807) is 0 Å². The third-order valence-corrected chi connectivity index (χ3v) is 4.11. The largest absolute Gasteiger partial charge is 0.462 e. The van der Waals surface area contributed by atoms with E-state index in [1.165, 1.54) is 19.8 Å². The van der Waals surface area contributed by atoms with Crippen LogP contribution in [0.5, 0.6) is 0 Å². The normalized spacial score (nSPS) is 40.7. The van der Waals surface area contributed by atoms with Crippen LogP contribution in [0.3, 0.4) is 0 Å². The Bertz CT molecular complexity index is 230. The Morgan fingerprint density at radius 2 is 2.08 bits per heavy atom. The lowest BCUT2D eigenvalue weighted by Gasteiger charge is -2.59. The van der Waals surface area contributed by atoms with Crippen LogP contribution in [0.15, 0.2) is 0 Å². The number of ether oxygens (including phenoxy) is 1. The van der Waals surface area contributed by atoms with Gasteiger partial charge in [0.05, 0.1) is 0 Å². The van der Waals surface area contributed by atoms with E-state index in [-0.39, 0.29) is 12.1 Å². The van der Waals surface area contributed by atoms with Crippen LogP contribution < -0.4 is 0 Å². The van der Waals surface area contributed by atoms with Crippen molar-refractivity contribution in [3.63, 3.8) is 0 Å². The molecule has 74 valence electrons. The van der Waals surface area contributed by atoms with Gasteiger partial charge in [-0.2, -0.15) is 0 Å². The molecule has 0 heterocycles. The van der Waals surface area contributed by atoms with E-state index in [4.69, 9.17) is 4.74 Å². The summed E-state index contributed by atoms with van der Waals surface area (Å²) < 4.78 is 5.34. The van der Waals surface area contributed by atoms with Crippen molar-refractivity contribution in [2.24, 2.45) is 17.3 Å². The van der Waals surface area contributed by atoms with Gasteiger partial charge in [0.15, 0.2) is 0 Å². The molecule has 0 saturated heterocycles. The Hall–Kier alpha value is -0.530. The highest BCUT2D eigenvalue weighted by Crippen LogP contribution is 2.59. The molecule has 0 aliphatic heterocycles. The van der Waals surface area contributed by atoms with E-state index in [2.05, 4.69) is 13.8 Å². The number of carbonyl (C=O) groups is 1. The molecule has 3 fully saturated rings. The molecule has 3 atom stereocenters. The minimum atomic E-state index is -0.119. The van der Waals surface area contributed by atoms with Crippen LogP contribution in [0.4, 0.5) is 0 Å². The van der Waals surface area contributed by atoms with Crippen LogP contribution in [-0.4, -0.2) is 12.1 Å². The lowest BCUT2D eigenvalue weighted by molar-refractivity contribution is -0.180. The highest BCUT2D eigenvalue weighted by atomic mass is 16.5. The maximum absolute atomic E-state index is 10.9. The van der Waals surface area contributed by atoms with Gasteiger partial charge in [0, 0.05) is 12.8 Å². The summed E-state index contributed by atoms with van der Waals surface area (Å²) >= 11 is 0. The van der Waals surface area contributed by atoms with Crippen molar-refractivity contribution in [3.05, 3.63) is 0 Å². The first kappa shape index (κ1) is 9.04. The summed E-state index contributed by atoms with van der Waals surface area (Å²) in [7, 11) is 0. The molecule has 0 amide bonds. The van der Waals surface area contributed by atoms with E-state index in [9.17, 15) is 4.79 Å². The number of fused-ring (bicyclic) bond motifs is 2. The summed E-state index contributed by atoms with van der Waals surface area (Å²) in [4.78, 5) is 10.9. The molecular weight excluding hydrogens is 164 g/mol. The first-order valence-corrected chi connectivity index (χ1v) is 5.19. The molecule has 0 radical (unpaired) electrons. The highest BCUT2D eigenvalue weighted by Gasteiger charge is 2.55. The van der Waals surface area contributed by atoms with Gasteiger partial charge in [0.25, 0.3) is 0 Å². The summed E-state index contributed by atoms with van der Waals surface area (Å²) in [6.45, 7) is 6.13. The molecule has 2 bridgehead atoms. The molecule has 0 aromatic carbocycles. The van der Waals surface area contributed by atoms with Crippen molar-refractivity contribution in [2.45, 2.75) is 46.1 Å². The van der Waals surface area contributed by atoms with E-state index in [1.807, 2.05) is 0 Å². The minimum Gasteiger partial charge on any atom is -0.462 e. The molecule has 3 rings (SSSR count). The zero-order chi connectivity index (χ0) is 9.64. The molecule has 2 heteroatoms. The Balaban J connectivity index is 2.03. The smallest absolute Gasteiger partial charge is 0.302 e. The zero-order valence-electron chi connectivity index (χ0n) is 8.67. The first-order chi connectivity index (χ1) is 6.01. The van der Waals surface area contributed by atoms with E-state index >= 15 is 0 Å². The van der Waals surface area contributed by atoms with Gasteiger partial charge in [-0.25, -0.2) is 0 Å². The average molecular weight is 182 g/mol. The van der Waals surface area contributed by atoms with Crippen LogP contribution in [-0.2, 0) is 9.53 Å². The van der Waals surface area contributed by atoms with Crippen LogP contribution in [0.1, 0.15) is 40.0 Å². The van der Waals surface area contributed by atoms with Crippen molar-refractivity contribution < 1.29 is 9.53 Å².